The zero-order chi connectivity index (χ0) is 14.3. The summed E-state index contributed by atoms with van der Waals surface area (Å²) >= 11 is 1.54. The third kappa shape index (κ3) is 5.98. The molecule has 0 aliphatic carbocycles. The standard InChI is InChI=1S/C14H21NO3S/c1-10-4-5-12(8-11(10)2)18-6-3-7-19-9-13(15)14(16)17/h4-5,8,13H,3,6-7,9,15H2,1-2H3,(H,16,17)/t13-/m1/s1. The van der Waals surface area contributed by atoms with Gasteiger partial charge in [0, 0.05) is 5.75 Å². The molecule has 0 unspecified atom stereocenters. The van der Waals surface area contributed by atoms with E-state index >= 15 is 0 Å². The lowest BCUT2D eigenvalue weighted by molar-refractivity contribution is -0.137. The first-order valence-corrected chi connectivity index (χ1v) is 7.42. The lowest BCUT2D eigenvalue weighted by Gasteiger charge is -2.09. The van der Waals surface area contributed by atoms with Gasteiger partial charge in [0.25, 0.3) is 0 Å². The second-order valence-corrected chi connectivity index (χ2v) is 5.62. The number of aryl methyl sites for hydroxylation is 2. The lowest BCUT2D eigenvalue weighted by Crippen LogP contribution is -2.32. The number of hydrogen-bond donors (Lipinski definition) is 2. The number of aliphatic carboxylic acids is 1. The molecule has 0 saturated heterocycles. The van der Waals surface area contributed by atoms with Gasteiger partial charge in [0.05, 0.1) is 6.61 Å². The zero-order valence-corrected chi connectivity index (χ0v) is 12.2. The van der Waals surface area contributed by atoms with Gasteiger partial charge in [0.2, 0.25) is 0 Å². The van der Waals surface area contributed by atoms with Crippen LogP contribution in [-0.4, -0.2) is 35.2 Å². The Morgan fingerprint density at radius 1 is 1.42 bits per heavy atom. The highest BCUT2D eigenvalue weighted by atomic mass is 32.2. The summed E-state index contributed by atoms with van der Waals surface area (Å²) in [4.78, 5) is 10.5. The van der Waals surface area contributed by atoms with E-state index in [0.29, 0.717) is 12.4 Å². The molecule has 0 spiro atoms. The van der Waals surface area contributed by atoms with Crippen LogP contribution in [0.2, 0.25) is 0 Å². The Balaban J connectivity index is 2.14. The van der Waals surface area contributed by atoms with Crippen LogP contribution in [0.25, 0.3) is 0 Å². The van der Waals surface area contributed by atoms with E-state index in [4.69, 9.17) is 15.6 Å². The summed E-state index contributed by atoms with van der Waals surface area (Å²) in [6.07, 6.45) is 0.879. The Morgan fingerprint density at radius 2 is 2.16 bits per heavy atom. The van der Waals surface area contributed by atoms with Gasteiger partial charge in [0.15, 0.2) is 0 Å². The molecule has 0 radical (unpaired) electrons. The van der Waals surface area contributed by atoms with E-state index in [9.17, 15) is 4.79 Å². The quantitative estimate of drug-likeness (QED) is 0.716. The molecule has 0 aliphatic heterocycles. The maximum atomic E-state index is 10.5. The van der Waals surface area contributed by atoms with Gasteiger partial charge in [-0.2, -0.15) is 11.8 Å². The molecule has 0 saturated carbocycles. The molecule has 1 aromatic carbocycles. The van der Waals surface area contributed by atoms with Crippen LogP contribution >= 0.6 is 11.8 Å². The highest BCUT2D eigenvalue weighted by molar-refractivity contribution is 7.99. The van der Waals surface area contributed by atoms with Crippen molar-refractivity contribution < 1.29 is 14.6 Å². The fourth-order valence-electron chi connectivity index (χ4n) is 1.44. The topological polar surface area (TPSA) is 72.5 Å². The summed E-state index contributed by atoms with van der Waals surface area (Å²) in [6, 6.07) is 5.27. The predicted molar refractivity (Wildman–Crippen MR) is 79.0 cm³/mol. The van der Waals surface area contributed by atoms with E-state index in [1.165, 1.54) is 11.1 Å². The van der Waals surface area contributed by atoms with E-state index in [0.717, 1.165) is 17.9 Å². The van der Waals surface area contributed by atoms with Gasteiger partial charge in [-0.05, 0) is 49.3 Å². The first kappa shape index (κ1) is 15.9. The summed E-state index contributed by atoms with van der Waals surface area (Å²) in [5.41, 5.74) is 7.88. The second-order valence-electron chi connectivity index (χ2n) is 4.47. The number of nitrogens with two attached hydrogens (primary N) is 1. The molecule has 0 fully saturated rings. The number of carboxylic acids is 1. The van der Waals surface area contributed by atoms with Gasteiger partial charge >= 0.3 is 5.97 Å². The van der Waals surface area contributed by atoms with Crippen LogP contribution in [0.4, 0.5) is 0 Å². The van der Waals surface area contributed by atoms with Crippen molar-refractivity contribution in [2.24, 2.45) is 5.73 Å². The average molecular weight is 283 g/mol. The highest BCUT2D eigenvalue weighted by Crippen LogP contribution is 2.16. The molecule has 0 aliphatic rings. The number of carboxylic acid groups (broad SMARTS) is 1. The van der Waals surface area contributed by atoms with E-state index in [1.807, 2.05) is 18.2 Å². The monoisotopic (exact) mass is 283 g/mol. The molecule has 0 bridgehead atoms. The molecule has 106 valence electrons. The molecular weight excluding hydrogens is 262 g/mol. The number of rotatable bonds is 8. The summed E-state index contributed by atoms with van der Waals surface area (Å²) in [5.74, 6) is 1.24. The minimum atomic E-state index is -0.945. The Bertz CT molecular complexity index is 423. The smallest absolute Gasteiger partial charge is 0.321 e. The maximum Gasteiger partial charge on any atom is 0.321 e. The van der Waals surface area contributed by atoms with Crippen molar-refractivity contribution in [2.75, 3.05) is 18.1 Å². The Labute approximate surface area is 118 Å². The average Bonchev–Trinajstić information content (AvgIpc) is 2.37. The molecule has 1 atom stereocenters. The highest BCUT2D eigenvalue weighted by Gasteiger charge is 2.10. The number of carbonyl (C=O) groups is 1. The van der Waals surface area contributed by atoms with Crippen molar-refractivity contribution >= 4 is 17.7 Å². The molecule has 0 heterocycles. The van der Waals surface area contributed by atoms with Crippen LogP contribution in [0, 0.1) is 13.8 Å². The van der Waals surface area contributed by atoms with Gasteiger partial charge in [0.1, 0.15) is 11.8 Å². The molecule has 19 heavy (non-hydrogen) atoms. The summed E-state index contributed by atoms with van der Waals surface area (Å²) < 4.78 is 5.64. The van der Waals surface area contributed by atoms with Crippen molar-refractivity contribution in [1.82, 2.24) is 0 Å². The van der Waals surface area contributed by atoms with Crippen LogP contribution in [0.3, 0.4) is 0 Å². The first-order chi connectivity index (χ1) is 9.00. The Hall–Kier alpha value is -1.20. The molecule has 5 heteroatoms. The summed E-state index contributed by atoms with van der Waals surface area (Å²) in [7, 11) is 0. The van der Waals surface area contributed by atoms with E-state index < -0.39 is 12.0 Å². The van der Waals surface area contributed by atoms with Gasteiger partial charge in [-0.3, -0.25) is 4.79 Å². The molecule has 0 amide bonds. The Morgan fingerprint density at radius 3 is 2.79 bits per heavy atom. The van der Waals surface area contributed by atoms with E-state index in [-0.39, 0.29) is 0 Å². The number of benzene rings is 1. The van der Waals surface area contributed by atoms with Crippen molar-refractivity contribution in [1.29, 1.82) is 0 Å². The number of thioether (sulfide) groups is 1. The molecule has 4 nitrogen and oxygen atoms in total. The van der Waals surface area contributed by atoms with Crippen LogP contribution in [-0.2, 0) is 4.79 Å². The minimum absolute atomic E-state index is 0.443. The van der Waals surface area contributed by atoms with Crippen LogP contribution < -0.4 is 10.5 Å². The summed E-state index contributed by atoms with van der Waals surface area (Å²) in [6.45, 7) is 4.77. The number of hydrogen-bond acceptors (Lipinski definition) is 4. The third-order valence-electron chi connectivity index (χ3n) is 2.79. The number of ether oxygens (including phenoxy) is 1. The molecule has 0 aromatic heterocycles. The second kappa shape index (κ2) is 8.07. The van der Waals surface area contributed by atoms with E-state index in [1.54, 1.807) is 11.8 Å². The largest absolute Gasteiger partial charge is 0.494 e. The summed E-state index contributed by atoms with van der Waals surface area (Å²) in [5, 5.41) is 8.62. The van der Waals surface area contributed by atoms with Crippen LogP contribution in [0.1, 0.15) is 17.5 Å². The SMILES string of the molecule is Cc1ccc(OCCCSC[C@@H](N)C(=O)O)cc1C. The van der Waals surface area contributed by atoms with Crippen molar-refractivity contribution in [2.45, 2.75) is 26.3 Å². The fraction of sp³-hybridized carbons (Fsp3) is 0.500. The molecule has 3 N–H and O–H groups in total. The minimum Gasteiger partial charge on any atom is -0.494 e. The third-order valence-corrected chi connectivity index (χ3v) is 3.97. The van der Waals surface area contributed by atoms with Gasteiger partial charge in [-0.15, -0.1) is 0 Å². The van der Waals surface area contributed by atoms with Crippen molar-refractivity contribution in [3.63, 3.8) is 0 Å². The van der Waals surface area contributed by atoms with Crippen LogP contribution in [0.15, 0.2) is 18.2 Å². The van der Waals surface area contributed by atoms with Gasteiger partial charge in [-0.1, -0.05) is 6.07 Å². The lowest BCUT2D eigenvalue weighted by atomic mass is 10.1. The first-order valence-electron chi connectivity index (χ1n) is 6.27. The Kier molecular flexibility index (Phi) is 6.73. The normalized spacial score (nSPS) is 12.2. The van der Waals surface area contributed by atoms with Crippen molar-refractivity contribution in [3.05, 3.63) is 29.3 Å². The van der Waals surface area contributed by atoms with Crippen molar-refractivity contribution in [3.8, 4) is 5.75 Å². The van der Waals surface area contributed by atoms with E-state index in [2.05, 4.69) is 13.8 Å². The molecule has 1 rings (SSSR count). The molecule has 1 aromatic rings. The van der Waals surface area contributed by atoms with Gasteiger partial charge < -0.3 is 15.6 Å². The zero-order valence-electron chi connectivity index (χ0n) is 11.4. The fourth-order valence-corrected chi connectivity index (χ4v) is 2.32. The maximum absolute atomic E-state index is 10.5. The van der Waals surface area contributed by atoms with Gasteiger partial charge in [-0.25, -0.2) is 0 Å². The van der Waals surface area contributed by atoms with Crippen LogP contribution in [0.5, 0.6) is 5.75 Å². The molecular formula is C14H21NO3S. The predicted octanol–water partition coefficient (Wildman–Crippen LogP) is 2.22.